The molecule has 0 N–H and O–H groups in total. The molecule has 1 aromatic heterocycles. The summed E-state index contributed by atoms with van der Waals surface area (Å²) in [4.78, 5) is 13.4. The van der Waals surface area contributed by atoms with Gasteiger partial charge >= 0.3 is 0 Å². The van der Waals surface area contributed by atoms with Gasteiger partial charge in [0.15, 0.2) is 5.78 Å². The summed E-state index contributed by atoms with van der Waals surface area (Å²) in [5, 5.41) is 0. The summed E-state index contributed by atoms with van der Waals surface area (Å²) in [6, 6.07) is 2.45. The van der Waals surface area contributed by atoms with E-state index in [2.05, 4.69) is 16.5 Å². The Morgan fingerprint density at radius 2 is 2.36 bits per heavy atom. The van der Waals surface area contributed by atoms with Crippen molar-refractivity contribution in [3.8, 4) is 0 Å². The number of likely N-dealkylation sites (N-methyl/N-ethyl adjacent to an activating group) is 1. The normalized spacial score (nSPS) is 22.9. The number of nitrogens with zero attached hydrogens (tertiary/aromatic N) is 2. The molecule has 2 heterocycles. The number of rotatable bonds is 2. The zero-order chi connectivity index (χ0) is 10.1. The second kappa shape index (κ2) is 3.58. The van der Waals surface area contributed by atoms with E-state index in [4.69, 9.17) is 0 Å². The van der Waals surface area contributed by atoms with E-state index in [0.29, 0.717) is 6.04 Å². The summed E-state index contributed by atoms with van der Waals surface area (Å²) in [7, 11) is 2.13. The maximum atomic E-state index is 11.1. The third kappa shape index (κ3) is 1.73. The van der Waals surface area contributed by atoms with Crippen LogP contribution in [0.5, 0.6) is 0 Å². The highest BCUT2D eigenvalue weighted by Crippen LogP contribution is 2.21. The Hall–Kier alpha value is -1.09. The molecule has 0 aromatic carbocycles. The minimum Gasteiger partial charge on any atom is -0.349 e. The molecule has 3 nitrogen and oxygen atoms in total. The fourth-order valence-corrected chi connectivity index (χ4v) is 2.00. The number of Topliss-reactive ketones (excluding diaryl/α,β-unsaturated/α-hetero) is 1. The van der Waals surface area contributed by atoms with Crippen LogP contribution in [0, 0.1) is 0 Å². The van der Waals surface area contributed by atoms with E-state index < -0.39 is 0 Å². The molecular formula is C11H16N2O. The molecule has 14 heavy (non-hydrogen) atoms. The van der Waals surface area contributed by atoms with E-state index in [1.54, 1.807) is 6.92 Å². The molecule has 1 aliphatic rings. The average Bonchev–Trinajstić information content (AvgIpc) is 2.70. The highest BCUT2D eigenvalue weighted by molar-refractivity contribution is 5.93. The molecule has 0 radical (unpaired) electrons. The number of likely N-dealkylation sites (tertiary alicyclic amines) is 1. The van der Waals surface area contributed by atoms with Crippen LogP contribution in [0.4, 0.5) is 0 Å². The monoisotopic (exact) mass is 192 g/mol. The summed E-state index contributed by atoms with van der Waals surface area (Å²) in [5.41, 5.74) is 0.819. The quantitative estimate of drug-likeness (QED) is 0.664. The predicted molar refractivity (Wildman–Crippen MR) is 55.6 cm³/mol. The fraction of sp³-hybridized carbons (Fsp3) is 0.545. The highest BCUT2D eigenvalue weighted by Gasteiger charge is 2.20. The molecular weight excluding hydrogens is 176 g/mol. The molecule has 1 aliphatic heterocycles. The van der Waals surface area contributed by atoms with E-state index in [0.717, 1.165) is 18.7 Å². The van der Waals surface area contributed by atoms with Crippen LogP contribution in [0.25, 0.3) is 0 Å². The van der Waals surface area contributed by atoms with Crippen LogP contribution in [-0.4, -0.2) is 35.4 Å². The van der Waals surface area contributed by atoms with Gasteiger partial charge in [-0.3, -0.25) is 4.79 Å². The van der Waals surface area contributed by atoms with Gasteiger partial charge < -0.3 is 9.47 Å². The second-order valence-electron chi connectivity index (χ2n) is 4.11. The Morgan fingerprint density at radius 3 is 2.86 bits per heavy atom. The maximum Gasteiger partial charge on any atom is 0.161 e. The zero-order valence-corrected chi connectivity index (χ0v) is 8.73. The summed E-state index contributed by atoms with van der Waals surface area (Å²) >= 11 is 0. The molecule has 1 fully saturated rings. The lowest BCUT2D eigenvalue weighted by Gasteiger charge is -2.11. The predicted octanol–water partition coefficient (Wildman–Crippen LogP) is 1.57. The van der Waals surface area contributed by atoms with Crippen molar-refractivity contribution in [3.63, 3.8) is 0 Å². The van der Waals surface area contributed by atoms with Gasteiger partial charge in [-0.1, -0.05) is 0 Å². The Kier molecular flexibility index (Phi) is 2.42. The highest BCUT2D eigenvalue weighted by atomic mass is 16.1. The van der Waals surface area contributed by atoms with Crippen molar-refractivity contribution in [3.05, 3.63) is 24.0 Å². The van der Waals surface area contributed by atoms with Gasteiger partial charge in [0, 0.05) is 30.5 Å². The van der Waals surface area contributed by atoms with Crippen molar-refractivity contribution in [1.29, 1.82) is 0 Å². The van der Waals surface area contributed by atoms with Crippen molar-refractivity contribution < 1.29 is 4.79 Å². The van der Waals surface area contributed by atoms with Crippen LogP contribution in [0.2, 0.25) is 0 Å². The van der Waals surface area contributed by atoms with Gasteiger partial charge in [0.05, 0.1) is 0 Å². The maximum absolute atomic E-state index is 11.1. The van der Waals surface area contributed by atoms with Crippen LogP contribution >= 0.6 is 0 Å². The van der Waals surface area contributed by atoms with Crippen LogP contribution in [0.3, 0.4) is 0 Å². The van der Waals surface area contributed by atoms with Gasteiger partial charge in [-0.2, -0.15) is 0 Å². The smallest absolute Gasteiger partial charge is 0.161 e. The molecule has 1 unspecified atom stereocenters. The Balaban J connectivity index is 2.13. The fourth-order valence-electron chi connectivity index (χ4n) is 2.00. The first kappa shape index (κ1) is 9.46. The van der Waals surface area contributed by atoms with Gasteiger partial charge in [-0.25, -0.2) is 0 Å². The average molecular weight is 192 g/mol. The van der Waals surface area contributed by atoms with Gasteiger partial charge in [-0.15, -0.1) is 0 Å². The Labute approximate surface area is 84.3 Å². The first-order chi connectivity index (χ1) is 6.66. The van der Waals surface area contributed by atoms with E-state index in [9.17, 15) is 4.79 Å². The van der Waals surface area contributed by atoms with Gasteiger partial charge in [0.25, 0.3) is 0 Å². The molecule has 1 saturated heterocycles. The zero-order valence-electron chi connectivity index (χ0n) is 8.73. The molecule has 0 aliphatic carbocycles. The standard InChI is InChI=1S/C11H16N2O/c1-9(14)10-3-6-13(7-10)11-4-5-12(2)8-11/h3,6-7,11H,4-5,8H2,1-2H3. The van der Waals surface area contributed by atoms with Gasteiger partial charge in [0.1, 0.15) is 0 Å². The molecule has 0 bridgehead atoms. The molecule has 1 aromatic rings. The van der Waals surface area contributed by atoms with Crippen molar-refractivity contribution in [2.24, 2.45) is 0 Å². The van der Waals surface area contributed by atoms with Gasteiger partial charge in [-0.05, 0) is 33.0 Å². The first-order valence-corrected chi connectivity index (χ1v) is 5.04. The number of carbonyl (C=O) groups is 1. The van der Waals surface area contributed by atoms with Crippen LogP contribution in [-0.2, 0) is 0 Å². The number of ketones is 1. The van der Waals surface area contributed by atoms with E-state index in [-0.39, 0.29) is 5.78 Å². The lowest BCUT2D eigenvalue weighted by Crippen LogP contribution is -2.15. The minimum absolute atomic E-state index is 0.148. The number of hydrogen-bond acceptors (Lipinski definition) is 2. The Morgan fingerprint density at radius 1 is 1.57 bits per heavy atom. The largest absolute Gasteiger partial charge is 0.349 e. The molecule has 2 rings (SSSR count). The molecule has 0 amide bonds. The summed E-state index contributed by atoms with van der Waals surface area (Å²) < 4.78 is 2.17. The molecule has 0 saturated carbocycles. The third-order valence-electron chi connectivity index (χ3n) is 2.91. The van der Waals surface area contributed by atoms with Crippen LogP contribution < -0.4 is 0 Å². The minimum atomic E-state index is 0.148. The van der Waals surface area contributed by atoms with Gasteiger partial charge in [0.2, 0.25) is 0 Å². The Bertz CT molecular complexity index is 343. The summed E-state index contributed by atoms with van der Waals surface area (Å²) in [5.74, 6) is 0.148. The molecule has 0 spiro atoms. The van der Waals surface area contributed by atoms with Crippen LogP contribution in [0.1, 0.15) is 29.7 Å². The second-order valence-corrected chi connectivity index (χ2v) is 4.11. The van der Waals surface area contributed by atoms with E-state index in [1.807, 2.05) is 18.5 Å². The molecule has 76 valence electrons. The first-order valence-electron chi connectivity index (χ1n) is 5.04. The van der Waals surface area contributed by atoms with Crippen molar-refractivity contribution >= 4 is 5.78 Å². The van der Waals surface area contributed by atoms with Crippen LogP contribution in [0.15, 0.2) is 18.5 Å². The van der Waals surface area contributed by atoms with Crippen molar-refractivity contribution in [2.75, 3.05) is 20.1 Å². The summed E-state index contributed by atoms with van der Waals surface area (Å²) in [6.45, 7) is 3.85. The van der Waals surface area contributed by atoms with Crippen molar-refractivity contribution in [2.45, 2.75) is 19.4 Å². The number of hydrogen-bond donors (Lipinski definition) is 0. The lowest BCUT2D eigenvalue weighted by molar-refractivity contribution is 0.101. The lowest BCUT2D eigenvalue weighted by atomic mass is 10.2. The molecule has 3 heteroatoms. The molecule has 1 atom stereocenters. The van der Waals surface area contributed by atoms with E-state index in [1.165, 1.54) is 6.42 Å². The number of aromatic nitrogens is 1. The third-order valence-corrected chi connectivity index (χ3v) is 2.91. The summed E-state index contributed by atoms with van der Waals surface area (Å²) in [6.07, 6.45) is 5.16. The SMILES string of the molecule is CC(=O)c1ccn(C2CCN(C)C2)c1. The van der Waals surface area contributed by atoms with E-state index >= 15 is 0 Å². The number of carbonyl (C=O) groups excluding carboxylic acids is 1. The topological polar surface area (TPSA) is 25.2 Å². The van der Waals surface area contributed by atoms with Crippen molar-refractivity contribution in [1.82, 2.24) is 9.47 Å².